The Morgan fingerprint density at radius 3 is 2.94 bits per heavy atom. The van der Waals surface area contributed by atoms with Crippen LogP contribution in [0.3, 0.4) is 0 Å². The molecule has 2 rings (SSSR count). The highest BCUT2D eigenvalue weighted by atomic mass is 32.1. The van der Waals surface area contributed by atoms with E-state index in [1.165, 1.54) is 0 Å². The number of aromatic nitrogens is 2. The molecule has 0 saturated heterocycles. The van der Waals surface area contributed by atoms with Crippen LogP contribution in [0.15, 0.2) is 22.0 Å². The van der Waals surface area contributed by atoms with Crippen LogP contribution in [0.2, 0.25) is 0 Å². The van der Waals surface area contributed by atoms with Gasteiger partial charge >= 0.3 is 0 Å². The minimum absolute atomic E-state index is 0.220. The van der Waals surface area contributed by atoms with Crippen LogP contribution in [-0.4, -0.2) is 16.7 Å². The van der Waals surface area contributed by atoms with Crippen molar-refractivity contribution >= 4 is 11.3 Å². The highest BCUT2D eigenvalue weighted by molar-refractivity contribution is 7.13. The molecule has 0 spiro atoms. The zero-order chi connectivity index (χ0) is 11.6. The second-order valence-corrected chi connectivity index (χ2v) is 4.97. The first-order valence-corrected chi connectivity index (χ1v) is 6.15. The third kappa shape index (κ3) is 1.88. The van der Waals surface area contributed by atoms with Crippen molar-refractivity contribution in [3.63, 3.8) is 0 Å². The summed E-state index contributed by atoms with van der Waals surface area (Å²) in [4.78, 5) is 5.44. The smallest absolute Gasteiger partial charge is 0.234 e. The van der Waals surface area contributed by atoms with E-state index in [0.717, 1.165) is 11.3 Å². The lowest BCUT2D eigenvalue weighted by atomic mass is 9.88. The zero-order valence-electron chi connectivity index (χ0n) is 9.43. The highest BCUT2D eigenvalue weighted by Crippen LogP contribution is 2.28. The molecule has 0 saturated carbocycles. The molecule has 0 fully saturated rings. The summed E-state index contributed by atoms with van der Waals surface area (Å²) in [5, 5.41) is 5.98. The van der Waals surface area contributed by atoms with Crippen LogP contribution in [0.5, 0.6) is 0 Å². The number of hydrogen-bond acceptors (Lipinski definition) is 5. The van der Waals surface area contributed by atoms with Gasteiger partial charge in [0.05, 0.1) is 10.3 Å². The van der Waals surface area contributed by atoms with Gasteiger partial charge in [-0.25, -0.2) is 0 Å². The third-order valence-electron chi connectivity index (χ3n) is 2.91. The minimum Gasteiger partial charge on any atom is -0.338 e. The van der Waals surface area contributed by atoms with Crippen molar-refractivity contribution in [2.24, 2.45) is 5.73 Å². The molecule has 0 bridgehead atoms. The van der Waals surface area contributed by atoms with E-state index in [2.05, 4.69) is 17.1 Å². The Balaban J connectivity index is 2.33. The molecule has 86 valence electrons. The Kier molecular flexibility index (Phi) is 3.07. The fraction of sp³-hybridized carbons (Fsp3) is 0.455. The first-order chi connectivity index (χ1) is 7.69. The number of rotatable bonds is 4. The maximum atomic E-state index is 5.75. The van der Waals surface area contributed by atoms with Crippen LogP contribution in [0.4, 0.5) is 0 Å². The van der Waals surface area contributed by atoms with Crippen molar-refractivity contribution in [1.29, 1.82) is 0 Å². The molecule has 0 aliphatic carbocycles. The van der Waals surface area contributed by atoms with Gasteiger partial charge in [0.15, 0.2) is 0 Å². The normalized spacial score (nSPS) is 14.9. The molecule has 0 radical (unpaired) electrons. The van der Waals surface area contributed by atoms with E-state index < -0.39 is 0 Å². The van der Waals surface area contributed by atoms with Crippen molar-refractivity contribution in [2.45, 2.75) is 25.7 Å². The molecule has 2 N–H and O–H groups in total. The summed E-state index contributed by atoms with van der Waals surface area (Å²) in [5.41, 5.74) is 5.53. The summed E-state index contributed by atoms with van der Waals surface area (Å²) in [6, 6.07) is 3.95. The summed E-state index contributed by atoms with van der Waals surface area (Å²) in [6.45, 7) is 4.62. The van der Waals surface area contributed by atoms with E-state index in [4.69, 9.17) is 10.3 Å². The van der Waals surface area contributed by atoms with Gasteiger partial charge in [0.2, 0.25) is 11.7 Å². The maximum Gasteiger partial charge on any atom is 0.234 e. The van der Waals surface area contributed by atoms with Crippen LogP contribution in [0, 0.1) is 0 Å². The Morgan fingerprint density at radius 2 is 2.38 bits per heavy atom. The molecule has 1 unspecified atom stereocenters. The van der Waals surface area contributed by atoms with Gasteiger partial charge in [0.25, 0.3) is 0 Å². The quantitative estimate of drug-likeness (QED) is 0.887. The summed E-state index contributed by atoms with van der Waals surface area (Å²) in [5.74, 6) is 1.28. The van der Waals surface area contributed by atoms with Crippen molar-refractivity contribution in [3.05, 3.63) is 23.4 Å². The Morgan fingerprint density at radius 1 is 1.56 bits per heavy atom. The third-order valence-corrected chi connectivity index (χ3v) is 3.78. The predicted octanol–water partition coefficient (Wildman–Crippen LogP) is 2.42. The number of hydrogen-bond donors (Lipinski definition) is 1. The lowest BCUT2D eigenvalue weighted by Crippen LogP contribution is -2.31. The highest BCUT2D eigenvalue weighted by Gasteiger charge is 2.29. The largest absolute Gasteiger partial charge is 0.338 e. The average molecular weight is 237 g/mol. The fourth-order valence-corrected chi connectivity index (χ4v) is 2.01. The van der Waals surface area contributed by atoms with Crippen molar-refractivity contribution in [2.75, 3.05) is 6.54 Å². The van der Waals surface area contributed by atoms with Gasteiger partial charge in [-0.3, -0.25) is 0 Å². The van der Waals surface area contributed by atoms with Crippen LogP contribution in [0.25, 0.3) is 10.7 Å². The molecule has 0 aromatic carbocycles. The Bertz CT molecular complexity index is 446. The van der Waals surface area contributed by atoms with Crippen LogP contribution >= 0.6 is 11.3 Å². The molecule has 2 aromatic rings. The number of nitrogens with zero attached hydrogens (tertiary/aromatic N) is 2. The standard InChI is InChI=1S/C11H15N3OS/c1-3-11(2,7-12)10-13-9(14-15-10)8-5-4-6-16-8/h4-6H,3,7,12H2,1-2H3. The predicted molar refractivity (Wildman–Crippen MR) is 64.3 cm³/mol. The SMILES string of the molecule is CCC(C)(CN)c1nc(-c2cccs2)no1. The molecule has 0 amide bonds. The molecule has 2 aromatic heterocycles. The monoisotopic (exact) mass is 237 g/mol. The first-order valence-electron chi connectivity index (χ1n) is 5.28. The van der Waals surface area contributed by atoms with Crippen molar-refractivity contribution in [1.82, 2.24) is 10.1 Å². The zero-order valence-corrected chi connectivity index (χ0v) is 10.3. The van der Waals surface area contributed by atoms with Crippen LogP contribution < -0.4 is 5.73 Å². The molecule has 5 heteroatoms. The molecular weight excluding hydrogens is 222 g/mol. The Labute approximate surface area is 98.5 Å². The molecule has 2 heterocycles. The van der Waals surface area contributed by atoms with Crippen molar-refractivity contribution < 1.29 is 4.52 Å². The van der Waals surface area contributed by atoms with Crippen molar-refractivity contribution in [3.8, 4) is 10.7 Å². The van der Waals surface area contributed by atoms with E-state index in [1.807, 2.05) is 24.4 Å². The van der Waals surface area contributed by atoms with E-state index in [0.29, 0.717) is 18.3 Å². The maximum absolute atomic E-state index is 5.75. The average Bonchev–Trinajstić information content (AvgIpc) is 2.97. The number of thiophene rings is 1. The lowest BCUT2D eigenvalue weighted by molar-refractivity contribution is 0.291. The van der Waals surface area contributed by atoms with Crippen LogP contribution in [-0.2, 0) is 5.41 Å². The fourth-order valence-electron chi connectivity index (χ4n) is 1.36. The molecular formula is C11H15N3OS. The summed E-state index contributed by atoms with van der Waals surface area (Å²) >= 11 is 1.60. The van der Waals surface area contributed by atoms with Gasteiger partial charge in [-0.1, -0.05) is 18.1 Å². The number of nitrogens with two attached hydrogens (primary N) is 1. The van der Waals surface area contributed by atoms with Gasteiger partial charge in [0, 0.05) is 6.54 Å². The lowest BCUT2D eigenvalue weighted by Gasteiger charge is -2.20. The molecule has 16 heavy (non-hydrogen) atoms. The topological polar surface area (TPSA) is 64.9 Å². The van der Waals surface area contributed by atoms with E-state index in [-0.39, 0.29) is 5.41 Å². The first kappa shape index (κ1) is 11.3. The van der Waals surface area contributed by atoms with E-state index in [9.17, 15) is 0 Å². The van der Waals surface area contributed by atoms with Gasteiger partial charge < -0.3 is 10.3 Å². The summed E-state index contributed by atoms with van der Waals surface area (Å²) in [7, 11) is 0. The second kappa shape index (κ2) is 4.35. The van der Waals surface area contributed by atoms with E-state index in [1.54, 1.807) is 11.3 Å². The summed E-state index contributed by atoms with van der Waals surface area (Å²) < 4.78 is 5.30. The molecule has 0 aliphatic rings. The van der Waals surface area contributed by atoms with Gasteiger partial charge in [-0.15, -0.1) is 11.3 Å². The van der Waals surface area contributed by atoms with E-state index >= 15 is 0 Å². The molecule has 4 nitrogen and oxygen atoms in total. The summed E-state index contributed by atoms with van der Waals surface area (Å²) in [6.07, 6.45) is 0.884. The molecule has 1 atom stereocenters. The Hall–Kier alpha value is -1.20. The molecule has 0 aliphatic heterocycles. The van der Waals surface area contributed by atoms with Gasteiger partial charge in [0.1, 0.15) is 0 Å². The minimum atomic E-state index is -0.220. The van der Waals surface area contributed by atoms with Gasteiger partial charge in [-0.2, -0.15) is 4.98 Å². The van der Waals surface area contributed by atoms with Crippen LogP contribution in [0.1, 0.15) is 26.2 Å². The van der Waals surface area contributed by atoms with Gasteiger partial charge in [-0.05, 0) is 24.8 Å². The second-order valence-electron chi connectivity index (χ2n) is 4.02.